The van der Waals surface area contributed by atoms with Crippen molar-refractivity contribution in [3.05, 3.63) is 27.9 Å². The van der Waals surface area contributed by atoms with E-state index in [1.54, 1.807) is 7.05 Å². The van der Waals surface area contributed by atoms with Gasteiger partial charge in [0.2, 0.25) is 10.0 Å². The largest absolute Gasteiger partial charge is 0.307 e. The lowest BCUT2D eigenvalue weighted by Gasteiger charge is -2.22. The van der Waals surface area contributed by atoms with Crippen molar-refractivity contribution in [3.8, 4) is 0 Å². The molecule has 3 rings (SSSR count). The lowest BCUT2D eigenvalue weighted by molar-refractivity contribution is -0.122. The van der Waals surface area contributed by atoms with Crippen LogP contribution in [0.1, 0.15) is 19.8 Å². The molecule has 1 saturated heterocycles. The van der Waals surface area contributed by atoms with Gasteiger partial charge in [0.05, 0.1) is 20.9 Å². The number of hydrogen-bond acceptors (Lipinski definition) is 7. The van der Waals surface area contributed by atoms with Crippen LogP contribution in [0, 0.1) is 0 Å². The van der Waals surface area contributed by atoms with Gasteiger partial charge < -0.3 is 4.57 Å². The van der Waals surface area contributed by atoms with Crippen LogP contribution in [0.2, 0.25) is 0 Å². The second-order valence-corrected chi connectivity index (χ2v) is 11.1. The van der Waals surface area contributed by atoms with E-state index < -0.39 is 32.0 Å². The highest BCUT2D eigenvalue weighted by molar-refractivity contribution is 7.90. The predicted molar refractivity (Wildman–Crippen MR) is 102 cm³/mol. The molecule has 0 saturated carbocycles. The van der Waals surface area contributed by atoms with Crippen LogP contribution in [-0.2, 0) is 31.9 Å². The first-order valence-electron chi connectivity index (χ1n) is 8.22. The fraction of sp³-hybridized carbons (Fsp3) is 0.467. The van der Waals surface area contributed by atoms with Crippen molar-refractivity contribution in [3.63, 3.8) is 0 Å². The van der Waals surface area contributed by atoms with Gasteiger partial charge in [-0.3, -0.25) is 9.59 Å². The SMILES string of the molecule is CCS(=O)(=O)N1CCC[C@@H]1C(=O)NS(=O)(=O)c1ccc2c(c1)sc(=O)n2C. The third-order valence-corrected chi connectivity index (χ3v) is 8.76. The first-order valence-corrected chi connectivity index (χ1v) is 12.1. The van der Waals surface area contributed by atoms with Crippen LogP contribution >= 0.6 is 11.3 Å². The first kappa shape index (κ1) is 20.0. The van der Waals surface area contributed by atoms with Crippen molar-refractivity contribution in [2.24, 2.45) is 7.05 Å². The summed E-state index contributed by atoms with van der Waals surface area (Å²) in [6.45, 7) is 1.66. The Morgan fingerprint density at radius 2 is 2.00 bits per heavy atom. The quantitative estimate of drug-likeness (QED) is 0.720. The van der Waals surface area contributed by atoms with E-state index in [-0.39, 0.29) is 28.5 Å². The Hall–Kier alpha value is -1.76. The molecule has 1 amide bonds. The summed E-state index contributed by atoms with van der Waals surface area (Å²) >= 11 is 0.903. The lowest BCUT2D eigenvalue weighted by atomic mass is 10.2. The number of carbonyl (C=O) groups excluding carboxylic acids is 1. The molecule has 1 aromatic carbocycles. The van der Waals surface area contributed by atoms with Gasteiger partial charge in [-0.05, 0) is 38.0 Å². The summed E-state index contributed by atoms with van der Waals surface area (Å²) < 4.78 is 54.3. The van der Waals surface area contributed by atoms with Crippen LogP contribution in [0.5, 0.6) is 0 Å². The Morgan fingerprint density at radius 1 is 1.30 bits per heavy atom. The number of nitrogens with one attached hydrogen (secondary N) is 1. The normalized spacial score (nSPS) is 18.8. The van der Waals surface area contributed by atoms with Gasteiger partial charge in [-0.1, -0.05) is 11.3 Å². The summed E-state index contributed by atoms with van der Waals surface area (Å²) in [7, 11) is -6.21. The van der Waals surface area contributed by atoms with Gasteiger partial charge in [-0.25, -0.2) is 21.6 Å². The van der Waals surface area contributed by atoms with Crippen molar-refractivity contribution in [1.82, 2.24) is 13.6 Å². The zero-order valence-corrected chi connectivity index (χ0v) is 17.2. The number of aryl methyl sites for hydroxylation is 1. The van der Waals surface area contributed by atoms with Crippen LogP contribution < -0.4 is 9.60 Å². The summed E-state index contributed by atoms with van der Waals surface area (Å²) in [5, 5.41) is 0. The summed E-state index contributed by atoms with van der Waals surface area (Å²) in [5.74, 6) is -1.03. The molecule has 1 aliphatic heterocycles. The zero-order valence-electron chi connectivity index (χ0n) is 14.7. The maximum atomic E-state index is 12.6. The number of benzene rings is 1. The molecule has 2 aromatic rings. The maximum Gasteiger partial charge on any atom is 0.307 e. The summed E-state index contributed by atoms with van der Waals surface area (Å²) in [6.07, 6.45) is 0.751. The van der Waals surface area contributed by atoms with Crippen molar-refractivity contribution in [2.75, 3.05) is 12.3 Å². The molecule has 1 N–H and O–H groups in total. The molecule has 1 aromatic heterocycles. The predicted octanol–water partition coefficient (Wildman–Crippen LogP) is 0.219. The molecular formula is C15H19N3O6S3. The average Bonchev–Trinajstić information content (AvgIpc) is 3.20. The number of amides is 1. The highest BCUT2D eigenvalue weighted by Crippen LogP contribution is 2.24. The fourth-order valence-corrected chi connectivity index (χ4v) is 6.40. The second-order valence-electron chi connectivity index (χ2n) is 6.20. The van der Waals surface area contributed by atoms with E-state index in [2.05, 4.69) is 0 Å². The standard InChI is InChI=1S/C15H19N3O6S3/c1-3-26(21,22)18-8-4-5-12(18)14(19)16-27(23,24)10-6-7-11-13(9-10)25-15(20)17(11)2/h6-7,9,12H,3-5,8H2,1-2H3,(H,16,19)/t12-/m1/s1. The number of carbonyl (C=O) groups is 1. The van der Waals surface area contributed by atoms with Gasteiger partial charge in [0, 0.05) is 13.6 Å². The minimum Gasteiger partial charge on any atom is -0.302 e. The number of nitrogens with zero attached hydrogens (tertiary/aromatic N) is 2. The molecule has 0 aliphatic carbocycles. The van der Waals surface area contributed by atoms with Gasteiger partial charge in [0.1, 0.15) is 6.04 Å². The Bertz CT molecular complexity index is 1160. The van der Waals surface area contributed by atoms with E-state index in [1.165, 1.54) is 29.7 Å². The Morgan fingerprint density at radius 3 is 2.67 bits per heavy atom. The van der Waals surface area contributed by atoms with Crippen LogP contribution in [0.4, 0.5) is 0 Å². The smallest absolute Gasteiger partial charge is 0.302 e. The van der Waals surface area contributed by atoms with Crippen molar-refractivity contribution in [1.29, 1.82) is 0 Å². The molecule has 27 heavy (non-hydrogen) atoms. The molecule has 0 unspecified atom stereocenters. The molecule has 2 heterocycles. The molecule has 0 radical (unpaired) electrons. The molecule has 12 heteroatoms. The van der Waals surface area contributed by atoms with Crippen LogP contribution in [0.25, 0.3) is 10.2 Å². The van der Waals surface area contributed by atoms with Gasteiger partial charge >= 0.3 is 4.87 Å². The number of sulfonamides is 2. The molecule has 0 bridgehead atoms. The van der Waals surface area contributed by atoms with E-state index >= 15 is 0 Å². The van der Waals surface area contributed by atoms with E-state index in [4.69, 9.17) is 0 Å². The molecule has 1 fully saturated rings. The van der Waals surface area contributed by atoms with Crippen molar-refractivity contribution >= 4 is 47.5 Å². The second kappa shape index (κ2) is 7.00. The molecule has 1 atom stereocenters. The van der Waals surface area contributed by atoms with Crippen LogP contribution in [0.15, 0.2) is 27.9 Å². The Balaban J connectivity index is 1.88. The third kappa shape index (κ3) is 3.66. The van der Waals surface area contributed by atoms with Crippen molar-refractivity contribution in [2.45, 2.75) is 30.7 Å². The third-order valence-electron chi connectivity index (χ3n) is 4.54. The number of fused-ring (bicyclic) bond motifs is 1. The highest BCUT2D eigenvalue weighted by Gasteiger charge is 2.39. The highest BCUT2D eigenvalue weighted by atomic mass is 32.2. The van der Waals surface area contributed by atoms with Crippen molar-refractivity contribution < 1.29 is 21.6 Å². The molecular weight excluding hydrogens is 414 g/mol. The first-order chi connectivity index (χ1) is 12.6. The summed E-state index contributed by atoms with van der Waals surface area (Å²) in [6, 6.07) is 3.09. The summed E-state index contributed by atoms with van der Waals surface area (Å²) in [5.41, 5.74) is 0.589. The van der Waals surface area contributed by atoms with E-state index in [1.807, 2.05) is 4.72 Å². The minimum atomic E-state index is -4.19. The van der Waals surface area contributed by atoms with E-state index in [9.17, 15) is 26.4 Å². The molecule has 1 aliphatic rings. The Kier molecular flexibility index (Phi) is 5.18. The fourth-order valence-electron chi connectivity index (χ4n) is 3.04. The molecule has 148 valence electrons. The maximum absolute atomic E-state index is 12.6. The Labute approximate surface area is 160 Å². The zero-order chi connectivity index (χ0) is 20.0. The van der Waals surface area contributed by atoms with Gasteiger partial charge in [-0.15, -0.1) is 0 Å². The monoisotopic (exact) mass is 433 g/mol. The van der Waals surface area contributed by atoms with Crippen LogP contribution in [0.3, 0.4) is 0 Å². The lowest BCUT2D eigenvalue weighted by Crippen LogP contribution is -2.47. The molecule has 9 nitrogen and oxygen atoms in total. The van der Waals surface area contributed by atoms with Gasteiger partial charge in [0.25, 0.3) is 15.9 Å². The topological polar surface area (TPSA) is 123 Å². The van der Waals surface area contributed by atoms with Crippen LogP contribution in [-0.4, -0.2) is 50.0 Å². The van der Waals surface area contributed by atoms with Gasteiger partial charge in [0.15, 0.2) is 0 Å². The average molecular weight is 434 g/mol. The number of hydrogen-bond donors (Lipinski definition) is 1. The van der Waals surface area contributed by atoms with Gasteiger partial charge in [-0.2, -0.15) is 4.31 Å². The van der Waals surface area contributed by atoms with E-state index in [0.29, 0.717) is 16.6 Å². The van der Waals surface area contributed by atoms with E-state index in [0.717, 1.165) is 15.6 Å². The minimum absolute atomic E-state index is 0.159. The number of aromatic nitrogens is 1. The number of thiazole rings is 1. The summed E-state index contributed by atoms with van der Waals surface area (Å²) in [4.78, 5) is 23.8. The number of rotatable bonds is 5. The molecule has 0 spiro atoms.